The molecule has 0 spiro atoms. The highest BCUT2D eigenvalue weighted by molar-refractivity contribution is 7.89. The van der Waals surface area contributed by atoms with Crippen molar-refractivity contribution in [3.05, 3.63) is 82.1 Å². The first kappa shape index (κ1) is 19.4. The Morgan fingerprint density at radius 1 is 1.13 bits per heavy atom. The maximum absolute atomic E-state index is 14.6. The van der Waals surface area contributed by atoms with Crippen molar-refractivity contribution in [2.45, 2.75) is 18.4 Å². The van der Waals surface area contributed by atoms with Crippen LogP contribution >= 0.6 is 0 Å². The molecule has 31 heavy (non-hydrogen) atoms. The van der Waals surface area contributed by atoms with Crippen LogP contribution in [-0.4, -0.2) is 18.0 Å². The third kappa shape index (κ3) is 3.09. The van der Waals surface area contributed by atoms with E-state index in [1.807, 2.05) is 31.2 Å². The zero-order valence-electron chi connectivity index (χ0n) is 16.3. The van der Waals surface area contributed by atoms with E-state index in [-0.39, 0.29) is 28.2 Å². The third-order valence-electron chi connectivity index (χ3n) is 5.32. The largest absolute Gasteiger partial charge is 0.402 e. The molecular formula is C22H16FN3O4S. The Kier molecular flexibility index (Phi) is 4.21. The van der Waals surface area contributed by atoms with Gasteiger partial charge in [0.2, 0.25) is 15.7 Å². The van der Waals surface area contributed by atoms with Crippen LogP contribution in [0.5, 0.6) is 0 Å². The Morgan fingerprint density at radius 2 is 1.94 bits per heavy atom. The molecule has 2 N–H and O–H groups in total. The van der Waals surface area contributed by atoms with Gasteiger partial charge in [0.15, 0.2) is 0 Å². The molecule has 156 valence electrons. The second kappa shape index (κ2) is 6.73. The second-order valence-electron chi connectivity index (χ2n) is 7.37. The van der Waals surface area contributed by atoms with Crippen molar-refractivity contribution in [3.63, 3.8) is 0 Å². The number of pyridine rings is 1. The smallest absolute Gasteiger partial charge is 0.362 e. The van der Waals surface area contributed by atoms with Crippen LogP contribution in [0, 0.1) is 12.7 Å². The van der Waals surface area contributed by atoms with Crippen molar-refractivity contribution in [2.75, 3.05) is 0 Å². The lowest BCUT2D eigenvalue weighted by molar-refractivity contribution is 0.552. The first-order valence-corrected chi connectivity index (χ1v) is 10.9. The number of nitrogens with two attached hydrogens (primary N) is 1. The minimum Gasteiger partial charge on any atom is -0.402 e. The van der Waals surface area contributed by atoms with Gasteiger partial charge in [0.05, 0.1) is 11.4 Å². The summed E-state index contributed by atoms with van der Waals surface area (Å²) in [6.07, 6.45) is 1.54. The molecule has 0 aliphatic heterocycles. The fourth-order valence-corrected chi connectivity index (χ4v) is 4.50. The van der Waals surface area contributed by atoms with Crippen molar-refractivity contribution in [1.82, 2.24) is 9.55 Å². The van der Waals surface area contributed by atoms with Crippen LogP contribution in [0.4, 0.5) is 4.39 Å². The maximum Gasteiger partial charge on any atom is 0.362 e. The molecule has 7 nitrogen and oxygen atoms in total. The Hall–Kier alpha value is -3.56. The van der Waals surface area contributed by atoms with Gasteiger partial charge < -0.3 is 8.98 Å². The molecule has 2 aromatic carbocycles. The van der Waals surface area contributed by atoms with Gasteiger partial charge in [-0.15, -0.1) is 0 Å². The van der Waals surface area contributed by atoms with Gasteiger partial charge in [-0.05, 0) is 49.4 Å². The minimum atomic E-state index is -4.01. The van der Waals surface area contributed by atoms with Crippen LogP contribution in [-0.2, 0) is 16.6 Å². The molecule has 0 bridgehead atoms. The minimum absolute atomic E-state index is 0.0802. The number of fused-ring (bicyclic) bond motifs is 5. The molecule has 0 aliphatic rings. The first-order chi connectivity index (χ1) is 14.7. The van der Waals surface area contributed by atoms with Crippen molar-refractivity contribution in [2.24, 2.45) is 5.14 Å². The number of aryl methyl sites for hydroxylation is 1. The molecule has 0 aliphatic carbocycles. The van der Waals surface area contributed by atoms with Gasteiger partial charge in [-0.2, -0.15) is 0 Å². The van der Waals surface area contributed by atoms with E-state index in [1.165, 1.54) is 12.3 Å². The van der Waals surface area contributed by atoms with Gasteiger partial charge in [-0.3, -0.25) is 0 Å². The van der Waals surface area contributed by atoms with Crippen LogP contribution in [0.1, 0.15) is 11.1 Å². The van der Waals surface area contributed by atoms with Crippen LogP contribution in [0.15, 0.2) is 68.8 Å². The summed E-state index contributed by atoms with van der Waals surface area (Å²) < 4.78 is 45.1. The lowest BCUT2D eigenvalue weighted by Gasteiger charge is -2.10. The second-order valence-corrected chi connectivity index (χ2v) is 8.94. The summed E-state index contributed by atoms with van der Waals surface area (Å²) in [5.41, 5.74) is 1.60. The van der Waals surface area contributed by atoms with Gasteiger partial charge in [-0.25, -0.2) is 27.7 Å². The van der Waals surface area contributed by atoms with E-state index >= 15 is 0 Å². The van der Waals surface area contributed by atoms with E-state index in [4.69, 9.17) is 9.56 Å². The topological polar surface area (TPSA) is 108 Å². The molecule has 0 atom stereocenters. The lowest BCUT2D eigenvalue weighted by Crippen LogP contribution is -2.14. The molecule has 0 saturated carbocycles. The van der Waals surface area contributed by atoms with Gasteiger partial charge in [0, 0.05) is 33.4 Å². The molecule has 0 unspecified atom stereocenters. The van der Waals surface area contributed by atoms with Crippen molar-refractivity contribution >= 4 is 42.9 Å². The lowest BCUT2D eigenvalue weighted by atomic mass is 10.1. The fraction of sp³-hybridized carbons (Fsp3) is 0.0909. The predicted molar refractivity (Wildman–Crippen MR) is 115 cm³/mol. The molecule has 0 fully saturated rings. The Labute approximate surface area is 175 Å². The van der Waals surface area contributed by atoms with Crippen LogP contribution in [0.3, 0.4) is 0 Å². The average molecular weight is 437 g/mol. The molecule has 9 heteroatoms. The van der Waals surface area contributed by atoms with Gasteiger partial charge >= 0.3 is 5.63 Å². The molecule has 3 aromatic heterocycles. The summed E-state index contributed by atoms with van der Waals surface area (Å²) in [6, 6.07) is 12.6. The molecular weight excluding hydrogens is 421 g/mol. The number of rotatable bonds is 3. The summed E-state index contributed by atoms with van der Waals surface area (Å²) in [4.78, 5) is 16.9. The van der Waals surface area contributed by atoms with E-state index in [0.717, 1.165) is 23.1 Å². The normalized spacial score (nSPS) is 12.2. The van der Waals surface area contributed by atoms with Gasteiger partial charge in [0.1, 0.15) is 11.3 Å². The summed E-state index contributed by atoms with van der Waals surface area (Å²) in [7, 11) is -4.01. The quantitative estimate of drug-likeness (QED) is 0.465. The van der Waals surface area contributed by atoms with E-state index in [1.54, 1.807) is 10.6 Å². The Bertz CT molecular complexity index is 1690. The average Bonchev–Trinajstić information content (AvgIpc) is 3.03. The van der Waals surface area contributed by atoms with Crippen molar-refractivity contribution < 1.29 is 17.2 Å². The molecule has 5 rings (SSSR count). The summed E-state index contributed by atoms with van der Waals surface area (Å²) in [5, 5.41) is 7.31. The monoisotopic (exact) mass is 437 g/mol. The zero-order chi connectivity index (χ0) is 21.9. The number of sulfonamides is 1. The van der Waals surface area contributed by atoms with Crippen LogP contribution < -0.4 is 10.8 Å². The summed E-state index contributed by atoms with van der Waals surface area (Å²) in [5.74, 6) is -0.610. The van der Waals surface area contributed by atoms with Crippen LogP contribution in [0.25, 0.3) is 32.9 Å². The number of aromatic nitrogens is 2. The van der Waals surface area contributed by atoms with E-state index in [0.29, 0.717) is 16.3 Å². The zero-order valence-corrected chi connectivity index (χ0v) is 17.1. The fourth-order valence-electron chi connectivity index (χ4n) is 3.94. The van der Waals surface area contributed by atoms with Gasteiger partial charge in [0.25, 0.3) is 0 Å². The van der Waals surface area contributed by atoms with Crippen molar-refractivity contribution in [1.29, 1.82) is 0 Å². The van der Waals surface area contributed by atoms with E-state index in [9.17, 15) is 17.6 Å². The molecule has 0 amide bonds. The van der Waals surface area contributed by atoms with Crippen molar-refractivity contribution in [3.8, 4) is 0 Å². The van der Waals surface area contributed by atoms with E-state index < -0.39 is 21.5 Å². The van der Waals surface area contributed by atoms with Crippen LogP contribution in [0.2, 0.25) is 0 Å². The van der Waals surface area contributed by atoms with Gasteiger partial charge in [-0.1, -0.05) is 11.6 Å². The summed E-state index contributed by atoms with van der Waals surface area (Å²) in [6.45, 7) is 1.85. The highest BCUT2D eigenvalue weighted by Gasteiger charge is 2.20. The highest BCUT2D eigenvalue weighted by Crippen LogP contribution is 2.33. The number of nitrogens with zero attached hydrogens (tertiary/aromatic N) is 2. The maximum atomic E-state index is 14.6. The molecule has 0 radical (unpaired) electrons. The summed E-state index contributed by atoms with van der Waals surface area (Å²) >= 11 is 0. The third-order valence-corrected chi connectivity index (χ3v) is 6.23. The predicted octanol–water partition coefficient (Wildman–Crippen LogP) is 3.44. The Morgan fingerprint density at radius 3 is 2.71 bits per heavy atom. The number of primary sulfonamides is 1. The number of hydrogen-bond acceptors (Lipinski definition) is 5. The number of hydrogen-bond donors (Lipinski definition) is 1. The SMILES string of the molecule is Cc1ccc2c(c1)c1c3cccnc3oc(=O)c1n2Cc1cc(S(N)(=O)=O)ccc1F. The van der Waals surface area contributed by atoms with E-state index in [2.05, 4.69) is 4.98 Å². The molecule has 0 saturated heterocycles. The number of benzene rings is 2. The Balaban J connectivity index is 1.88. The number of halogens is 1. The first-order valence-electron chi connectivity index (χ1n) is 9.35. The molecule has 5 aromatic rings. The molecule has 3 heterocycles. The standard InChI is InChI=1S/C22H16FN3O4S/c1-12-4-7-18-16(9-12)19-15-3-2-8-25-21(15)30-22(27)20(19)26(18)11-13-10-14(31(24,28)29)5-6-17(13)23/h2-10H,11H2,1H3,(H2,24,28,29). The highest BCUT2D eigenvalue weighted by atomic mass is 32.2.